The van der Waals surface area contributed by atoms with Crippen LogP contribution in [0.2, 0.25) is 0 Å². The van der Waals surface area contributed by atoms with Crippen LogP contribution in [-0.4, -0.2) is 21.2 Å². The highest BCUT2D eigenvalue weighted by molar-refractivity contribution is 5.42. The molecule has 2 aliphatic carbocycles. The number of aliphatic hydroxyl groups excluding tert-OH is 1. The number of nitrogens with two attached hydrogens (primary N) is 1. The molecule has 1 saturated carbocycles. The molecule has 4 rings (SSSR count). The topological polar surface area (TPSA) is 64.1 Å². The van der Waals surface area contributed by atoms with Gasteiger partial charge in [0.25, 0.3) is 0 Å². The lowest BCUT2D eigenvalue weighted by Gasteiger charge is -2.34. The number of hydrogen-bond acceptors (Lipinski definition) is 3. The Labute approximate surface area is 124 Å². The van der Waals surface area contributed by atoms with Crippen molar-refractivity contribution in [2.45, 2.75) is 43.2 Å². The summed E-state index contributed by atoms with van der Waals surface area (Å²) in [5.74, 6) is 0. The molecule has 0 amide bonds. The number of nitrogens with zero attached hydrogens (tertiary/aromatic N) is 2. The normalized spacial score (nSPS) is 25.8. The van der Waals surface area contributed by atoms with E-state index in [-0.39, 0.29) is 5.41 Å². The van der Waals surface area contributed by atoms with E-state index in [0.29, 0.717) is 12.6 Å². The molecule has 4 heteroatoms. The van der Waals surface area contributed by atoms with E-state index in [2.05, 4.69) is 27.8 Å². The molecule has 2 atom stereocenters. The average Bonchev–Trinajstić information content (AvgIpc) is 3.13. The third-order valence-electron chi connectivity index (χ3n) is 5.20. The number of imidazole rings is 1. The summed E-state index contributed by atoms with van der Waals surface area (Å²) >= 11 is 0. The molecule has 1 fully saturated rings. The zero-order valence-corrected chi connectivity index (χ0v) is 12.1. The minimum absolute atomic E-state index is 0.372. The van der Waals surface area contributed by atoms with Crippen molar-refractivity contribution in [2.75, 3.05) is 6.54 Å². The van der Waals surface area contributed by atoms with E-state index in [1.165, 1.54) is 24.0 Å². The van der Waals surface area contributed by atoms with Gasteiger partial charge in [0.05, 0.1) is 18.2 Å². The zero-order valence-electron chi connectivity index (χ0n) is 12.1. The van der Waals surface area contributed by atoms with Gasteiger partial charge in [-0.15, -0.1) is 0 Å². The fraction of sp³-hybridized carbons (Fsp3) is 0.471. The van der Waals surface area contributed by atoms with Gasteiger partial charge in [-0.1, -0.05) is 24.3 Å². The first kappa shape index (κ1) is 13.0. The predicted octanol–water partition coefficient (Wildman–Crippen LogP) is 2.09. The van der Waals surface area contributed by atoms with Crippen molar-refractivity contribution in [3.05, 3.63) is 53.6 Å². The summed E-state index contributed by atoms with van der Waals surface area (Å²) in [5, 5.41) is 11.1. The quantitative estimate of drug-likeness (QED) is 0.903. The maximum atomic E-state index is 11.1. The van der Waals surface area contributed by atoms with Crippen LogP contribution < -0.4 is 5.73 Å². The minimum atomic E-state index is -0.589. The maximum absolute atomic E-state index is 11.1. The number of aromatic nitrogens is 2. The second kappa shape index (κ2) is 4.68. The number of aryl methyl sites for hydroxylation is 1. The average molecular weight is 283 g/mol. The van der Waals surface area contributed by atoms with Gasteiger partial charge in [0.1, 0.15) is 6.10 Å². The molecule has 1 heterocycles. The summed E-state index contributed by atoms with van der Waals surface area (Å²) in [6.45, 7) is 0.459. The predicted molar refractivity (Wildman–Crippen MR) is 81.0 cm³/mol. The van der Waals surface area contributed by atoms with Gasteiger partial charge in [-0.05, 0) is 36.8 Å². The Hall–Kier alpha value is -1.65. The van der Waals surface area contributed by atoms with Gasteiger partial charge in [-0.25, -0.2) is 4.98 Å². The van der Waals surface area contributed by atoms with Crippen molar-refractivity contribution in [3.63, 3.8) is 0 Å². The first-order valence-electron chi connectivity index (χ1n) is 7.74. The molecule has 1 aromatic heterocycles. The van der Waals surface area contributed by atoms with Crippen molar-refractivity contribution < 1.29 is 5.11 Å². The zero-order chi connectivity index (χ0) is 14.4. The van der Waals surface area contributed by atoms with Gasteiger partial charge in [0.15, 0.2) is 0 Å². The van der Waals surface area contributed by atoms with Crippen LogP contribution in [0.4, 0.5) is 0 Å². The summed E-state index contributed by atoms with van der Waals surface area (Å²) in [5.41, 5.74) is 9.22. The van der Waals surface area contributed by atoms with Crippen molar-refractivity contribution >= 4 is 0 Å². The summed E-state index contributed by atoms with van der Waals surface area (Å²) in [6, 6.07) is 8.89. The van der Waals surface area contributed by atoms with Crippen LogP contribution in [0.15, 0.2) is 36.8 Å². The van der Waals surface area contributed by atoms with Crippen LogP contribution in [0.5, 0.6) is 0 Å². The SMILES string of the molecule is NCC1(C(O)c2cncn2C2CC2)CCc2ccccc21. The van der Waals surface area contributed by atoms with Crippen LogP contribution in [0, 0.1) is 0 Å². The van der Waals surface area contributed by atoms with Crippen molar-refractivity contribution in [3.8, 4) is 0 Å². The van der Waals surface area contributed by atoms with Gasteiger partial charge in [-0.2, -0.15) is 0 Å². The van der Waals surface area contributed by atoms with Gasteiger partial charge < -0.3 is 15.4 Å². The Morgan fingerprint density at radius 2 is 2.19 bits per heavy atom. The van der Waals surface area contributed by atoms with E-state index in [1.54, 1.807) is 6.20 Å². The summed E-state index contributed by atoms with van der Waals surface area (Å²) in [7, 11) is 0. The molecule has 2 aliphatic rings. The Balaban J connectivity index is 1.78. The molecular formula is C17H21N3O. The number of aliphatic hydroxyl groups is 1. The van der Waals surface area contributed by atoms with Crippen molar-refractivity contribution in [1.29, 1.82) is 0 Å². The van der Waals surface area contributed by atoms with Gasteiger partial charge in [-0.3, -0.25) is 0 Å². The van der Waals surface area contributed by atoms with E-state index < -0.39 is 6.10 Å². The Kier molecular flexibility index (Phi) is 2.91. The van der Waals surface area contributed by atoms with E-state index in [4.69, 9.17) is 5.73 Å². The minimum Gasteiger partial charge on any atom is -0.386 e. The molecule has 0 radical (unpaired) electrons. The van der Waals surface area contributed by atoms with Crippen LogP contribution in [0.1, 0.15) is 48.2 Å². The molecule has 21 heavy (non-hydrogen) atoms. The van der Waals surface area contributed by atoms with Crippen LogP contribution in [0.25, 0.3) is 0 Å². The molecule has 2 aromatic rings. The number of rotatable bonds is 4. The Bertz CT molecular complexity index is 662. The number of benzene rings is 1. The third-order valence-corrected chi connectivity index (χ3v) is 5.20. The highest BCUT2D eigenvalue weighted by atomic mass is 16.3. The van der Waals surface area contributed by atoms with E-state index in [1.807, 2.05) is 12.4 Å². The summed E-state index contributed by atoms with van der Waals surface area (Å²) in [6.07, 6.45) is 7.32. The standard InChI is InChI=1S/C17H21N3O/c18-10-17(8-7-12-3-1-2-4-14(12)17)16(21)15-9-19-11-20(15)13-5-6-13/h1-4,9,11,13,16,21H,5-8,10,18H2. The molecule has 0 bridgehead atoms. The number of hydrogen-bond donors (Lipinski definition) is 2. The fourth-order valence-electron chi connectivity index (χ4n) is 3.79. The second-order valence-corrected chi connectivity index (χ2v) is 6.38. The molecule has 3 N–H and O–H groups in total. The second-order valence-electron chi connectivity index (χ2n) is 6.38. The van der Waals surface area contributed by atoms with Gasteiger partial charge >= 0.3 is 0 Å². The van der Waals surface area contributed by atoms with E-state index in [0.717, 1.165) is 18.5 Å². The third kappa shape index (κ3) is 1.86. The van der Waals surface area contributed by atoms with E-state index >= 15 is 0 Å². The first-order chi connectivity index (χ1) is 10.3. The first-order valence-corrected chi connectivity index (χ1v) is 7.74. The Morgan fingerprint density at radius 3 is 2.95 bits per heavy atom. The molecule has 0 spiro atoms. The van der Waals surface area contributed by atoms with Crippen molar-refractivity contribution in [2.24, 2.45) is 5.73 Å². The van der Waals surface area contributed by atoms with Gasteiger partial charge in [0, 0.05) is 18.0 Å². The number of fused-ring (bicyclic) bond motifs is 1. The summed E-state index contributed by atoms with van der Waals surface area (Å²) < 4.78 is 2.14. The van der Waals surface area contributed by atoms with Crippen molar-refractivity contribution in [1.82, 2.24) is 9.55 Å². The maximum Gasteiger partial charge on any atom is 0.106 e. The fourth-order valence-corrected chi connectivity index (χ4v) is 3.79. The molecule has 4 nitrogen and oxygen atoms in total. The highest BCUT2D eigenvalue weighted by Gasteiger charge is 2.45. The molecule has 0 aliphatic heterocycles. The van der Waals surface area contributed by atoms with Crippen LogP contribution >= 0.6 is 0 Å². The smallest absolute Gasteiger partial charge is 0.106 e. The van der Waals surface area contributed by atoms with Gasteiger partial charge in [0.2, 0.25) is 0 Å². The molecule has 0 saturated heterocycles. The van der Waals surface area contributed by atoms with E-state index in [9.17, 15) is 5.11 Å². The Morgan fingerprint density at radius 1 is 1.38 bits per heavy atom. The van der Waals surface area contributed by atoms with Crippen LogP contribution in [0.3, 0.4) is 0 Å². The largest absolute Gasteiger partial charge is 0.386 e. The summed E-state index contributed by atoms with van der Waals surface area (Å²) in [4.78, 5) is 4.26. The lowest BCUT2D eigenvalue weighted by Crippen LogP contribution is -2.40. The van der Waals surface area contributed by atoms with Crippen LogP contribution in [-0.2, 0) is 11.8 Å². The molecule has 1 aromatic carbocycles. The molecule has 2 unspecified atom stereocenters. The highest BCUT2D eigenvalue weighted by Crippen LogP contribution is 2.48. The molecule has 110 valence electrons. The lowest BCUT2D eigenvalue weighted by molar-refractivity contribution is 0.0766. The monoisotopic (exact) mass is 283 g/mol. The molecular weight excluding hydrogens is 262 g/mol. The lowest BCUT2D eigenvalue weighted by atomic mass is 9.75.